The monoisotopic (exact) mass is 351 g/mol. The molecule has 0 aliphatic carbocycles. The molecule has 1 fully saturated rings. The summed E-state index contributed by atoms with van der Waals surface area (Å²) in [6.07, 6.45) is 3.52. The summed E-state index contributed by atoms with van der Waals surface area (Å²) in [6.45, 7) is 3.81. The highest BCUT2D eigenvalue weighted by atomic mass is 16.5. The van der Waals surface area contributed by atoms with Crippen molar-refractivity contribution in [1.29, 1.82) is 0 Å². The molecule has 26 heavy (non-hydrogen) atoms. The molecule has 1 saturated heterocycles. The van der Waals surface area contributed by atoms with E-state index < -0.39 is 0 Å². The van der Waals surface area contributed by atoms with Crippen LogP contribution in [-0.4, -0.2) is 45.2 Å². The van der Waals surface area contributed by atoms with E-state index >= 15 is 0 Å². The summed E-state index contributed by atoms with van der Waals surface area (Å²) in [5, 5.41) is 11.1. The first kappa shape index (κ1) is 16.7. The van der Waals surface area contributed by atoms with E-state index in [1.54, 1.807) is 10.6 Å². The van der Waals surface area contributed by atoms with Crippen LogP contribution in [0.5, 0.6) is 0 Å². The first-order valence-corrected chi connectivity index (χ1v) is 8.78. The summed E-state index contributed by atoms with van der Waals surface area (Å²) in [6, 6.07) is 12.2. The van der Waals surface area contributed by atoms with Gasteiger partial charge < -0.3 is 10.1 Å². The lowest BCUT2D eigenvalue weighted by atomic mass is 9.74. The summed E-state index contributed by atoms with van der Waals surface area (Å²) in [5.41, 5.74) is 1.94. The lowest BCUT2D eigenvalue weighted by molar-refractivity contribution is 0.0486. The van der Waals surface area contributed by atoms with Gasteiger partial charge in [0.2, 0.25) is 5.82 Å². The van der Waals surface area contributed by atoms with Gasteiger partial charge in [-0.2, -0.15) is 0 Å². The Balaban J connectivity index is 1.56. The van der Waals surface area contributed by atoms with Crippen molar-refractivity contribution < 1.29 is 9.53 Å². The number of rotatable bonds is 4. The zero-order chi connectivity index (χ0) is 18.0. The van der Waals surface area contributed by atoms with Crippen molar-refractivity contribution >= 4 is 11.7 Å². The van der Waals surface area contributed by atoms with Crippen molar-refractivity contribution in [2.24, 2.45) is 0 Å². The standard InChI is InChI=1S/C19H21N5O2/c1-14-7-10-24-16(22-23-18(24)21-14)17(25)20-13-19(8-11-26-12-9-19)15-5-3-2-4-6-15/h2-7,10H,8-9,11-13H2,1H3,(H,20,25). The lowest BCUT2D eigenvalue weighted by Crippen LogP contribution is -2.45. The van der Waals surface area contributed by atoms with Gasteiger partial charge in [0.15, 0.2) is 0 Å². The summed E-state index contributed by atoms with van der Waals surface area (Å²) in [7, 11) is 0. The highest BCUT2D eigenvalue weighted by Crippen LogP contribution is 2.34. The van der Waals surface area contributed by atoms with Crippen LogP contribution in [0.1, 0.15) is 34.7 Å². The summed E-state index contributed by atoms with van der Waals surface area (Å²) < 4.78 is 7.16. The molecule has 3 aromatic rings. The Bertz CT molecular complexity index is 916. The van der Waals surface area contributed by atoms with E-state index in [2.05, 4.69) is 32.6 Å². The van der Waals surface area contributed by atoms with Crippen LogP contribution >= 0.6 is 0 Å². The molecule has 7 nitrogen and oxygen atoms in total. The molecule has 0 unspecified atom stereocenters. The van der Waals surface area contributed by atoms with Crippen LogP contribution in [0.3, 0.4) is 0 Å². The molecule has 0 saturated carbocycles. The zero-order valence-electron chi connectivity index (χ0n) is 14.7. The number of nitrogens with one attached hydrogen (secondary N) is 1. The molecule has 1 aromatic carbocycles. The molecular weight excluding hydrogens is 330 g/mol. The Hall–Kier alpha value is -2.80. The van der Waals surface area contributed by atoms with Crippen molar-refractivity contribution in [2.45, 2.75) is 25.2 Å². The maximum atomic E-state index is 12.7. The van der Waals surface area contributed by atoms with E-state index in [9.17, 15) is 4.79 Å². The molecular formula is C19H21N5O2. The SMILES string of the molecule is Cc1ccn2c(C(=O)NCC3(c4ccccc4)CCOCC3)nnc2n1. The molecule has 0 bridgehead atoms. The Morgan fingerprint density at radius 1 is 1.19 bits per heavy atom. The normalized spacial score (nSPS) is 16.5. The van der Waals surface area contributed by atoms with E-state index in [0.717, 1.165) is 18.5 Å². The molecule has 1 amide bonds. The van der Waals surface area contributed by atoms with Crippen LogP contribution in [0.25, 0.3) is 5.78 Å². The number of aromatic nitrogens is 4. The summed E-state index contributed by atoms with van der Waals surface area (Å²) in [4.78, 5) is 17.0. The van der Waals surface area contributed by atoms with Crippen molar-refractivity contribution in [3.8, 4) is 0 Å². The quantitative estimate of drug-likeness (QED) is 0.776. The Morgan fingerprint density at radius 2 is 1.96 bits per heavy atom. The second-order valence-corrected chi connectivity index (χ2v) is 6.70. The number of aryl methyl sites for hydroxylation is 1. The number of fused-ring (bicyclic) bond motifs is 1. The minimum atomic E-state index is -0.245. The molecule has 3 heterocycles. The van der Waals surface area contributed by atoms with E-state index in [-0.39, 0.29) is 17.1 Å². The van der Waals surface area contributed by atoms with Crippen LogP contribution in [0, 0.1) is 6.92 Å². The first-order valence-electron chi connectivity index (χ1n) is 8.78. The van der Waals surface area contributed by atoms with Crippen LogP contribution in [0.2, 0.25) is 0 Å². The Labute approximate surface area is 151 Å². The van der Waals surface area contributed by atoms with Gasteiger partial charge >= 0.3 is 0 Å². The minimum Gasteiger partial charge on any atom is -0.381 e. The largest absolute Gasteiger partial charge is 0.381 e. The van der Waals surface area contributed by atoms with Crippen LogP contribution in [0.15, 0.2) is 42.6 Å². The Kier molecular flexibility index (Phi) is 4.38. The zero-order valence-corrected chi connectivity index (χ0v) is 14.7. The average Bonchev–Trinajstić information content (AvgIpc) is 3.10. The van der Waals surface area contributed by atoms with Gasteiger partial charge in [-0.1, -0.05) is 30.3 Å². The number of nitrogens with zero attached hydrogens (tertiary/aromatic N) is 4. The van der Waals surface area contributed by atoms with Gasteiger partial charge in [0.05, 0.1) is 0 Å². The van der Waals surface area contributed by atoms with Gasteiger partial charge in [-0.05, 0) is 31.4 Å². The van der Waals surface area contributed by atoms with Crippen LogP contribution in [0.4, 0.5) is 0 Å². The number of amides is 1. The van der Waals surface area contributed by atoms with E-state index in [1.165, 1.54) is 5.56 Å². The number of hydrogen-bond acceptors (Lipinski definition) is 5. The molecule has 1 aliphatic heterocycles. The van der Waals surface area contributed by atoms with Gasteiger partial charge in [-0.3, -0.25) is 9.20 Å². The first-order chi connectivity index (χ1) is 12.7. The van der Waals surface area contributed by atoms with E-state index in [1.807, 2.05) is 31.2 Å². The molecule has 4 rings (SSSR count). The third-order valence-electron chi connectivity index (χ3n) is 5.05. The van der Waals surface area contributed by atoms with Gasteiger partial charge in [0, 0.05) is 37.1 Å². The summed E-state index contributed by atoms with van der Waals surface area (Å²) >= 11 is 0. The number of carbonyl (C=O) groups is 1. The van der Waals surface area contributed by atoms with Crippen LogP contribution < -0.4 is 5.32 Å². The topological polar surface area (TPSA) is 81.4 Å². The Morgan fingerprint density at radius 3 is 2.73 bits per heavy atom. The third-order valence-corrected chi connectivity index (χ3v) is 5.05. The molecule has 2 aromatic heterocycles. The second kappa shape index (κ2) is 6.84. The van der Waals surface area contributed by atoms with Crippen molar-refractivity contribution in [1.82, 2.24) is 24.9 Å². The number of hydrogen-bond donors (Lipinski definition) is 1. The van der Waals surface area contributed by atoms with Gasteiger partial charge in [-0.25, -0.2) is 4.98 Å². The molecule has 0 spiro atoms. The maximum Gasteiger partial charge on any atom is 0.289 e. The van der Waals surface area contributed by atoms with Crippen molar-refractivity contribution in [2.75, 3.05) is 19.8 Å². The smallest absolute Gasteiger partial charge is 0.289 e. The second-order valence-electron chi connectivity index (χ2n) is 6.70. The van der Waals surface area contributed by atoms with Crippen molar-refractivity contribution in [3.05, 3.63) is 59.7 Å². The third kappa shape index (κ3) is 3.06. The van der Waals surface area contributed by atoms with E-state index in [0.29, 0.717) is 25.5 Å². The highest BCUT2D eigenvalue weighted by Gasteiger charge is 2.35. The fourth-order valence-corrected chi connectivity index (χ4v) is 3.48. The molecule has 0 atom stereocenters. The predicted molar refractivity (Wildman–Crippen MR) is 96.0 cm³/mol. The lowest BCUT2D eigenvalue weighted by Gasteiger charge is -2.37. The maximum absolute atomic E-state index is 12.7. The van der Waals surface area contributed by atoms with Crippen LogP contribution in [-0.2, 0) is 10.2 Å². The minimum absolute atomic E-state index is 0.121. The highest BCUT2D eigenvalue weighted by molar-refractivity contribution is 5.91. The predicted octanol–water partition coefficient (Wildman–Crippen LogP) is 1.91. The summed E-state index contributed by atoms with van der Waals surface area (Å²) in [5.74, 6) is 0.437. The van der Waals surface area contributed by atoms with Gasteiger partial charge in [0.25, 0.3) is 11.7 Å². The number of ether oxygens (including phenoxy) is 1. The average molecular weight is 351 g/mol. The number of carbonyl (C=O) groups excluding carboxylic acids is 1. The molecule has 1 aliphatic rings. The molecule has 134 valence electrons. The van der Waals surface area contributed by atoms with Gasteiger partial charge in [0.1, 0.15) is 0 Å². The number of benzene rings is 1. The molecule has 7 heteroatoms. The van der Waals surface area contributed by atoms with Gasteiger partial charge in [-0.15, -0.1) is 10.2 Å². The molecule has 1 N–H and O–H groups in total. The fraction of sp³-hybridized carbons (Fsp3) is 0.368. The van der Waals surface area contributed by atoms with Crippen molar-refractivity contribution in [3.63, 3.8) is 0 Å². The fourth-order valence-electron chi connectivity index (χ4n) is 3.48. The molecule has 0 radical (unpaired) electrons. The van der Waals surface area contributed by atoms with E-state index in [4.69, 9.17) is 4.74 Å².